The number of aryl methyl sites for hydroxylation is 1. The van der Waals surface area contributed by atoms with E-state index in [-0.39, 0.29) is 17.6 Å². The Kier molecular flexibility index (Phi) is 3.51. The smallest absolute Gasteiger partial charge is 0.219 e. The molecule has 5 nitrogen and oxygen atoms in total. The van der Waals surface area contributed by atoms with Crippen LogP contribution in [0.4, 0.5) is 0 Å². The highest BCUT2D eigenvalue weighted by atomic mass is 16.2. The average molecular weight is 273 g/mol. The number of piperidine rings is 1. The highest BCUT2D eigenvalue weighted by Crippen LogP contribution is 2.26. The van der Waals surface area contributed by atoms with E-state index in [9.17, 15) is 9.59 Å². The summed E-state index contributed by atoms with van der Waals surface area (Å²) in [5.41, 5.74) is 1.59. The molecule has 0 aromatic carbocycles. The Balaban J connectivity index is 1.84. The van der Waals surface area contributed by atoms with E-state index < -0.39 is 0 Å². The van der Waals surface area contributed by atoms with E-state index in [4.69, 9.17) is 0 Å². The van der Waals surface area contributed by atoms with Crippen molar-refractivity contribution in [1.29, 1.82) is 0 Å². The first-order chi connectivity index (χ1) is 9.65. The monoisotopic (exact) mass is 273 g/mol. The highest BCUT2D eigenvalue weighted by Gasteiger charge is 2.27. The Hall–Kier alpha value is -1.78. The second-order valence-electron chi connectivity index (χ2n) is 5.67. The van der Waals surface area contributed by atoms with Crippen molar-refractivity contribution in [3.05, 3.63) is 23.3 Å². The molecule has 2 aliphatic rings. The lowest BCUT2D eigenvalue weighted by Gasteiger charge is -2.31. The lowest BCUT2D eigenvalue weighted by molar-refractivity contribution is -0.130. The van der Waals surface area contributed by atoms with Crippen molar-refractivity contribution < 1.29 is 9.59 Å². The van der Waals surface area contributed by atoms with Crippen molar-refractivity contribution in [2.45, 2.75) is 44.9 Å². The van der Waals surface area contributed by atoms with Gasteiger partial charge in [-0.3, -0.25) is 9.59 Å². The Bertz CT molecular complexity index is 556. The van der Waals surface area contributed by atoms with Crippen LogP contribution in [0.15, 0.2) is 6.20 Å². The number of ketones is 1. The lowest BCUT2D eigenvalue weighted by atomic mass is 9.94. The Morgan fingerprint density at radius 2 is 2.20 bits per heavy atom. The molecular formula is C15H19N3O2. The molecule has 1 fully saturated rings. The zero-order chi connectivity index (χ0) is 14.1. The van der Waals surface area contributed by atoms with E-state index in [0.717, 1.165) is 43.7 Å². The summed E-state index contributed by atoms with van der Waals surface area (Å²) in [5.74, 6) is 1.27. The number of amides is 1. The third-order valence-corrected chi connectivity index (χ3v) is 4.24. The SMILES string of the molecule is CC(=O)N1CCC[C@@H](c2ncc3c(n2)CCCC3=O)C1. The number of carbonyl (C=O) groups is 2. The van der Waals surface area contributed by atoms with E-state index in [2.05, 4.69) is 9.97 Å². The molecule has 1 aromatic rings. The number of likely N-dealkylation sites (tertiary alicyclic amines) is 1. The summed E-state index contributed by atoms with van der Waals surface area (Å²) in [6.07, 6.45) is 6.04. The number of rotatable bonds is 1. The minimum absolute atomic E-state index is 0.114. The van der Waals surface area contributed by atoms with Crippen LogP contribution in [0.5, 0.6) is 0 Å². The van der Waals surface area contributed by atoms with Gasteiger partial charge in [-0.05, 0) is 25.7 Å². The van der Waals surface area contributed by atoms with Gasteiger partial charge >= 0.3 is 0 Å². The second kappa shape index (κ2) is 5.31. The van der Waals surface area contributed by atoms with Crippen LogP contribution in [0.1, 0.15) is 60.4 Å². The Morgan fingerprint density at radius 3 is 3.00 bits per heavy atom. The fourth-order valence-electron chi connectivity index (χ4n) is 3.08. The fourth-order valence-corrected chi connectivity index (χ4v) is 3.08. The molecule has 0 saturated carbocycles. The van der Waals surface area contributed by atoms with Crippen LogP contribution in [0.25, 0.3) is 0 Å². The molecule has 2 heterocycles. The van der Waals surface area contributed by atoms with E-state index >= 15 is 0 Å². The van der Waals surface area contributed by atoms with Crippen LogP contribution in [0.3, 0.4) is 0 Å². The van der Waals surface area contributed by atoms with Crippen molar-refractivity contribution in [2.75, 3.05) is 13.1 Å². The summed E-state index contributed by atoms with van der Waals surface area (Å²) in [6, 6.07) is 0. The first kappa shape index (κ1) is 13.2. The van der Waals surface area contributed by atoms with Gasteiger partial charge in [0, 0.05) is 38.5 Å². The molecule has 0 radical (unpaired) electrons. The van der Waals surface area contributed by atoms with E-state index in [0.29, 0.717) is 18.5 Å². The van der Waals surface area contributed by atoms with Crippen LogP contribution in [0, 0.1) is 0 Å². The van der Waals surface area contributed by atoms with Crippen LogP contribution in [-0.4, -0.2) is 39.6 Å². The molecule has 0 bridgehead atoms. The minimum atomic E-state index is 0.114. The maximum Gasteiger partial charge on any atom is 0.219 e. The summed E-state index contributed by atoms with van der Waals surface area (Å²) in [5, 5.41) is 0. The van der Waals surface area contributed by atoms with Crippen LogP contribution in [-0.2, 0) is 11.2 Å². The normalized spacial score (nSPS) is 22.6. The van der Waals surface area contributed by atoms with Crippen LogP contribution in [0.2, 0.25) is 0 Å². The number of aromatic nitrogens is 2. The van der Waals surface area contributed by atoms with Crippen molar-refractivity contribution in [1.82, 2.24) is 14.9 Å². The van der Waals surface area contributed by atoms with Gasteiger partial charge in [0.15, 0.2) is 5.78 Å². The molecule has 1 amide bonds. The van der Waals surface area contributed by atoms with E-state index in [1.54, 1.807) is 13.1 Å². The number of hydrogen-bond acceptors (Lipinski definition) is 4. The standard InChI is InChI=1S/C15H19N3O2/c1-10(19)18-7-3-4-11(9-18)15-16-8-12-13(17-15)5-2-6-14(12)20/h8,11H,2-7,9H2,1H3/t11-/m1/s1. The van der Waals surface area contributed by atoms with Gasteiger partial charge in [-0.15, -0.1) is 0 Å². The number of fused-ring (bicyclic) bond motifs is 1. The molecule has 3 rings (SSSR count). The van der Waals surface area contributed by atoms with Crippen molar-refractivity contribution in [3.63, 3.8) is 0 Å². The molecule has 1 atom stereocenters. The summed E-state index contributed by atoms with van der Waals surface area (Å²) < 4.78 is 0. The number of Topliss-reactive ketones (excluding diaryl/α,β-unsaturated/α-hetero) is 1. The van der Waals surface area contributed by atoms with Gasteiger partial charge < -0.3 is 4.90 Å². The predicted molar refractivity (Wildman–Crippen MR) is 73.5 cm³/mol. The van der Waals surface area contributed by atoms with Gasteiger partial charge in [0.25, 0.3) is 0 Å². The molecule has 106 valence electrons. The summed E-state index contributed by atoms with van der Waals surface area (Å²) in [6.45, 7) is 3.13. The summed E-state index contributed by atoms with van der Waals surface area (Å²) in [4.78, 5) is 34.1. The fraction of sp³-hybridized carbons (Fsp3) is 0.600. The Morgan fingerprint density at radius 1 is 1.35 bits per heavy atom. The molecule has 20 heavy (non-hydrogen) atoms. The van der Waals surface area contributed by atoms with Crippen molar-refractivity contribution in [2.24, 2.45) is 0 Å². The van der Waals surface area contributed by atoms with E-state index in [1.807, 2.05) is 4.90 Å². The predicted octanol–water partition coefficient (Wildman–Crippen LogP) is 1.72. The maximum atomic E-state index is 11.8. The first-order valence-electron chi connectivity index (χ1n) is 7.29. The van der Waals surface area contributed by atoms with Gasteiger partial charge in [0.2, 0.25) is 5.91 Å². The third kappa shape index (κ3) is 2.44. The molecule has 1 aromatic heterocycles. The summed E-state index contributed by atoms with van der Waals surface area (Å²) in [7, 11) is 0. The molecule has 1 aliphatic carbocycles. The van der Waals surface area contributed by atoms with Crippen LogP contribution >= 0.6 is 0 Å². The van der Waals surface area contributed by atoms with E-state index in [1.165, 1.54) is 0 Å². The average Bonchev–Trinajstić information content (AvgIpc) is 2.47. The first-order valence-corrected chi connectivity index (χ1v) is 7.29. The molecular weight excluding hydrogens is 254 g/mol. The molecule has 5 heteroatoms. The zero-order valence-corrected chi connectivity index (χ0v) is 11.8. The van der Waals surface area contributed by atoms with Crippen molar-refractivity contribution >= 4 is 11.7 Å². The van der Waals surface area contributed by atoms with Gasteiger partial charge in [-0.2, -0.15) is 0 Å². The minimum Gasteiger partial charge on any atom is -0.342 e. The molecule has 0 N–H and O–H groups in total. The second-order valence-corrected chi connectivity index (χ2v) is 5.67. The highest BCUT2D eigenvalue weighted by molar-refractivity contribution is 5.97. The quantitative estimate of drug-likeness (QED) is 0.781. The van der Waals surface area contributed by atoms with Crippen molar-refractivity contribution in [3.8, 4) is 0 Å². The topological polar surface area (TPSA) is 63.2 Å². The van der Waals surface area contributed by atoms with Gasteiger partial charge in [0.1, 0.15) is 5.82 Å². The van der Waals surface area contributed by atoms with Gasteiger partial charge in [-0.25, -0.2) is 9.97 Å². The largest absolute Gasteiger partial charge is 0.342 e. The number of carbonyl (C=O) groups excluding carboxylic acids is 2. The van der Waals surface area contributed by atoms with Gasteiger partial charge in [-0.1, -0.05) is 0 Å². The molecule has 1 saturated heterocycles. The van der Waals surface area contributed by atoms with Gasteiger partial charge in [0.05, 0.1) is 11.3 Å². The maximum absolute atomic E-state index is 11.8. The molecule has 0 unspecified atom stereocenters. The van der Waals surface area contributed by atoms with Crippen LogP contribution < -0.4 is 0 Å². The number of nitrogens with zero attached hydrogens (tertiary/aromatic N) is 3. The lowest BCUT2D eigenvalue weighted by Crippen LogP contribution is -2.38. The third-order valence-electron chi connectivity index (χ3n) is 4.24. The Labute approximate surface area is 118 Å². The number of hydrogen-bond donors (Lipinski definition) is 0. The zero-order valence-electron chi connectivity index (χ0n) is 11.8. The summed E-state index contributed by atoms with van der Waals surface area (Å²) >= 11 is 0. The molecule has 1 aliphatic heterocycles. The molecule has 0 spiro atoms.